The molecule has 0 atom stereocenters. The summed E-state index contributed by atoms with van der Waals surface area (Å²) in [6.45, 7) is 0.712. The van der Waals surface area contributed by atoms with Crippen LogP contribution in [0.15, 0.2) is 18.2 Å². The Kier molecular flexibility index (Phi) is 5.06. The molecule has 0 radical (unpaired) electrons. The van der Waals surface area contributed by atoms with Crippen LogP contribution in [0.4, 0.5) is 4.39 Å². The third kappa shape index (κ3) is 3.24. The van der Waals surface area contributed by atoms with Crippen molar-refractivity contribution >= 4 is 27.7 Å². The first kappa shape index (κ1) is 17.1. The number of nitrogens with zero attached hydrogens (tertiary/aromatic N) is 3. The highest BCUT2D eigenvalue weighted by molar-refractivity contribution is 7.86. The van der Waals surface area contributed by atoms with Gasteiger partial charge in [-0.05, 0) is 12.1 Å². The number of halogens is 2. The highest BCUT2D eigenvalue weighted by atomic mass is 35.5. The number of carbonyl (C=O) groups is 1. The molecule has 2 rings (SSSR count). The fourth-order valence-electron chi connectivity index (χ4n) is 2.21. The maximum atomic E-state index is 13.8. The van der Waals surface area contributed by atoms with Gasteiger partial charge in [0.25, 0.3) is 16.1 Å². The second-order valence-electron chi connectivity index (χ2n) is 5.08. The molecule has 122 valence electrons. The molecule has 0 bridgehead atoms. The van der Waals surface area contributed by atoms with Crippen LogP contribution in [0, 0.1) is 5.82 Å². The Hall–Kier alpha value is -1.22. The summed E-state index contributed by atoms with van der Waals surface area (Å²) in [5, 5.41) is 0.0494. The lowest BCUT2D eigenvalue weighted by Gasteiger charge is -2.35. The highest BCUT2D eigenvalue weighted by Crippen LogP contribution is 2.22. The minimum absolute atomic E-state index is 0.0494. The van der Waals surface area contributed by atoms with Gasteiger partial charge < -0.3 is 4.90 Å². The molecule has 0 aromatic heterocycles. The number of amides is 1. The third-order valence-corrected chi connectivity index (χ3v) is 5.75. The summed E-state index contributed by atoms with van der Waals surface area (Å²) >= 11 is 5.89. The summed E-state index contributed by atoms with van der Waals surface area (Å²) in [6, 6.07) is 4.05. The summed E-state index contributed by atoms with van der Waals surface area (Å²) < 4.78 is 40.2. The van der Waals surface area contributed by atoms with Crippen LogP contribution in [-0.2, 0) is 10.2 Å². The lowest BCUT2D eigenvalue weighted by atomic mass is 10.1. The van der Waals surface area contributed by atoms with E-state index in [0.717, 1.165) is 4.31 Å². The Bertz CT molecular complexity index is 653. The van der Waals surface area contributed by atoms with Gasteiger partial charge in [0.05, 0.1) is 10.6 Å². The minimum Gasteiger partial charge on any atom is -0.336 e. The molecule has 1 saturated heterocycles. The Morgan fingerprint density at radius 1 is 1.23 bits per heavy atom. The number of benzene rings is 1. The monoisotopic (exact) mass is 349 g/mol. The third-order valence-electron chi connectivity index (χ3n) is 3.49. The summed E-state index contributed by atoms with van der Waals surface area (Å²) in [7, 11) is -0.601. The van der Waals surface area contributed by atoms with Gasteiger partial charge in [-0.3, -0.25) is 4.79 Å². The van der Waals surface area contributed by atoms with Crippen LogP contribution in [0.2, 0.25) is 5.02 Å². The van der Waals surface area contributed by atoms with Gasteiger partial charge in [0.2, 0.25) is 0 Å². The van der Waals surface area contributed by atoms with Crippen molar-refractivity contribution in [2.24, 2.45) is 0 Å². The van der Waals surface area contributed by atoms with Crippen LogP contribution in [0.5, 0.6) is 0 Å². The summed E-state index contributed by atoms with van der Waals surface area (Å²) in [6.07, 6.45) is 0. The van der Waals surface area contributed by atoms with Crippen molar-refractivity contribution in [2.45, 2.75) is 0 Å². The van der Waals surface area contributed by atoms with Crippen LogP contribution in [0.1, 0.15) is 10.4 Å². The van der Waals surface area contributed by atoms with Crippen molar-refractivity contribution in [3.8, 4) is 0 Å². The Labute approximate surface area is 134 Å². The average molecular weight is 350 g/mol. The maximum Gasteiger partial charge on any atom is 0.281 e. The van der Waals surface area contributed by atoms with Crippen LogP contribution >= 0.6 is 11.6 Å². The van der Waals surface area contributed by atoms with E-state index in [0.29, 0.717) is 0 Å². The molecular weight excluding hydrogens is 333 g/mol. The smallest absolute Gasteiger partial charge is 0.281 e. The lowest BCUT2D eigenvalue weighted by Crippen LogP contribution is -2.53. The number of hydrogen-bond acceptors (Lipinski definition) is 3. The molecule has 0 unspecified atom stereocenters. The van der Waals surface area contributed by atoms with Gasteiger partial charge in [-0.2, -0.15) is 17.0 Å². The van der Waals surface area contributed by atoms with Crippen LogP contribution in [-0.4, -0.2) is 68.1 Å². The van der Waals surface area contributed by atoms with Gasteiger partial charge in [0, 0.05) is 40.3 Å². The molecule has 1 fully saturated rings. The molecule has 9 heteroatoms. The van der Waals surface area contributed by atoms with E-state index < -0.39 is 21.9 Å². The van der Waals surface area contributed by atoms with Crippen LogP contribution in [0.25, 0.3) is 0 Å². The summed E-state index contributed by atoms with van der Waals surface area (Å²) in [4.78, 5) is 13.8. The number of carbonyl (C=O) groups excluding carboxylic acids is 1. The Balaban J connectivity index is 2.11. The molecule has 0 N–H and O–H groups in total. The molecule has 1 aliphatic rings. The van der Waals surface area contributed by atoms with E-state index in [2.05, 4.69) is 0 Å². The molecule has 6 nitrogen and oxygen atoms in total. The molecule has 22 heavy (non-hydrogen) atoms. The van der Waals surface area contributed by atoms with Crippen molar-refractivity contribution in [3.63, 3.8) is 0 Å². The molecule has 1 aromatic carbocycles. The van der Waals surface area contributed by atoms with E-state index in [1.54, 1.807) is 0 Å². The Morgan fingerprint density at radius 2 is 1.82 bits per heavy atom. The van der Waals surface area contributed by atoms with Crippen molar-refractivity contribution < 1.29 is 17.6 Å². The standard InChI is InChI=1S/C13H17ClFN3O3S/c1-16(2)22(20,21)18-8-6-17(7-9-18)13(19)12-10(14)4-3-5-11(12)15/h3-5H,6-9H2,1-2H3. The molecule has 0 spiro atoms. The SMILES string of the molecule is CN(C)S(=O)(=O)N1CCN(C(=O)c2c(F)cccc2Cl)CC1. The topological polar surface area (TPSA) is 60.9 Å². The summed E-state index contributed by atoms with van der Waals surface area (Å²) in [5.41, 5.74) is -0.173. The zero-order valence-corrected chi connectivity index (χ0v) is 13.9. The minimum atomic E-state index is -3.50. The number of rotatable bonds is 3. The van der Waals surface area contributed by atoms with Crippen molar-refractivity contribution in [1.29, 1.82) is 0 Å². The molecule has 1 aromatic rings. The zero-order chi connectivity index (χ0) is 16.5. The highest BCUT2D eigenvalue weighted by Gasteiger charge is 2.31. The fourth-order valence-corrected chi connectivity index (χ4v) is 3.54. The van der Waals surface area contributed by atoms with E-state index in [9.17, 15) is 17.6 Å². The molecule has 0 aliphatic carbocycles. The van der Waals surface area contributed by atoms with Gasteiger partial charge in [0.1, 0.15) is 5.82 Å². The quantitative estimate of drug-likeness (QED) is 0.819. The molecule has 1 amide bonds. The molecule has 1 aliphatic heterocycles. The first-order valence-corrected chi connectivity index (χ1v) is 8.43. The molecule has 0 saturated carbocycles. The van der Waals surface area contributed by atoms with Gasteiger partial charge in [0.15, 0.2) is 0 Å². The summed E-state index contributed by atoms with van der Waals surface area (Å²) in [5.74, 6) is -1.20. The molecular formula is C13H17ClFN3O3S. The largest absolute Gasteiger partial charge is 0.336 e. The van der Waals surface area contributed by atoms with Gasteiger partial charge >= 0.3 is 0 Å². The van der Waals surface area contributed by atoms with Gasteiger partial charge in [-0.25, -0.2) is 4.39 Å². The molecule has 1 heterocycles. The predicted octanol–water partition coefficient (Wildman–Crippen LogP) is 1.04. The predicted molar refractivity (Wildman–Crippen MR) is 81.5 cm³/mol. The van der Waals surface area contributed by atoms with E-state index in [1.165, 1.54) is 41.5 Å². The van der Waals surface area contributed by atoms with E-state index >= 15 is 0 Å². The van der Waals surface area contributed by atoms with Crippen LogP contribution < -0.4 is 0 Å². The number of piperazine rings is 1. The second kappa shape index (κ2) is 6.49. The first-order chi connectivity index (χ1) is 10.2. The van der Waals surface area contributed by atoms with E-state index in [4.69, 9.17) is 11.6 Å². The first-order valence-electron chi connectivity index (χ1n) is 6.66. The Morgan fingerprint density at radius 3 is 2.32 bits per heavy atom. The van der Waals surface area contributed by atoms with E-state index in [-0.39, 0.29) is 36.8 Å². The van der Waals surface area contributed by atoms with E-state index in [1.807, 2.05) is 0 Å². The number of hydrogen-bond donors (Lipinski definition) is 0. The van der Waals surface area contributed by atoms with Crippen molar-refractivity contribution in [1.82, 2.24) is 13.5 Å². The van der Waals surface area contributed by atoms with Gasteiger partial charge in [-0.1, -0.05) is 17.7 Å². The van der Waals surface area contributed by atoms with Gasteiger partial charge in [-0.15, -0.1) is 0 Å². The van der Waals surface area contributed by atoms with Crippen molar-refractivity contribution in [2.75, 3.05) is 40.3 Å². The fraction of sp³-hybridized carbons (Fsp3) is 0.462. The van der Waals surface area contributed by atoms with Crippen molar-refractivity contribution in [3.05, 3.63) is 34.6 Å². The average Bonchev–Trinajstić information content (AvgIpc) is 2.47. The normalized spacial score (nSPS) is 17.0. The zero-order valence-electron chi connectivity index (χ0n) is 12.3. The lowest BCUT2D eigenvalue weighted by molar-refractivity contribution is 0.0690. The van der Waals surface area contributed by atoms with Crippen LogP contribution in [0.3, 0.4) is 0 Å². The second-order valence-corrected chi connectivity index (χ2v) is 7.63. The maximum absolute atomic E-state index is 13.8.